The van der Waals surface area contributed by atoms with Gasteiger partial charge in [-0.2, -0.15) is 13.2 Å². The third-order valence-corrected chi connectivity index (χ3v) is 6.22. The van der Waals surface area contributed by atoms with Gasteiger partial charge in [-0.3, -0.25) is 9.52 Å². The lowest BCUT2D eigenvalue weighted by Gasteiger charge is -2.12. The molecule has 2 N–H and O–H groups in total. The Morgan fingerprint density at radius 1 is 0.935 bits per heavy atom. The third-order valence-electron chi connectivity index (χ3n) is 4.02. The van der Waals surface area contributed by atoms with Crippen LogP contribution < -0.4 is 10.0 Å². The van der Waals surface area contributed by atoms with E-state index in [2.05, 4.69) is 26.0 Å². The topological polar surface area (TPSA) is 75.3 Å². The number of sulfonamides is 1. The number of hydrogen-bond acceptors (Lipinski definition) is 3. The van der Waals surface area contributed by atoms with Crippen molar-refractivity contribution in [2.24, 2.45) is 0 Å². The highest BCUT2D eigenvalue weighted by molar-refractivity contribution is 9.10. The van der Waals surface area contributed by atoms with Crippen LogP contribution >= 0.6 is 27.5 Å². The third kappa shape index (κ3) is 5.78. The number of alkyl halides is 3. The first-order chi connectivity index (χ1) is 14.5. The average molecular weight is 534 g/mol. The molecule has 0 aromatic heterocycles. The van der Waals surface area contributed by atoms with Crippen LogP contribution in [-0.4, -0.2) is 14.3 Å². The molecule has 1 amide bonds. The molecule has 162 valence electrons. The zero-order chi connectivity index (χ0) is 22.8. The number of benzene rings is 3. The molecule has 11 heteroatoms. The largest absolute Gasteiger partial charge is 0.416 e. The molecule has 3 aromatic carbocycles. The minimum atomic E-state index is -4.61. The quantitative estimate of drug-likeness (QED) is 0.412. The molecule has 5 nitrogen and oxygen atoms in total. The predicted molar refractivity (Wildman–Crippen MR) is 116 cm³/mol. The van der Waals surface area contributed by atoms with Crippen molar-refractivity contribution in [3.8, 4) is 0 Å². The maximum absolute atomic E-state index is 12.9. The Kier molecular flexibility index (Phi) is 6.63. The molecule has 3 rings (SSSR count). The molecular formula is C20H13BrClF3N2O3S. The van der Waals surface area contributed by atoms with E-state index in [4.69, 9.17) is 11.6 Å². The minimum absolute atomic E-state index is 0.160. The Hall–Kier alpha value is -2.56. The molecule has 0 aliphatic heterocycles. The molecular weight excluding hydrogens is 521 g/mol. The Bertz CT molecular complexity index is 1250. The fourth-order valence-electron chi connectivity index (χ4n) is 2.58. The lowest BCUT2D eigenvalue weighted by molar-refractivity contribution is -0.137. The summed E-state index contributed by atoms with van der Waals surface area (Å²) in [6.45, 7) is 0. The van der Waals surface area contributed by atoms with Crippen LogP contribution in [0.2, 0.25) is 5.02 Å². The van der Waals surface area contributed by atoms with Gasteiger partial charge in [0.1, 0.15) is 0 Å². The zero-order valence-electron chi connectivity index (χ0n) is 15.4. The molecule has 0 saturated heterocycles. The first-order valence-electron chi connectivity index (χ1n) is 8.52. The van der Waals surface area contributed by atoms with Gasteiger partial charge in [-0.15, -0.1) is 0 Å². The summed E-state index contributed by atoms with van der Waals surface area (Å²) in [5.41, 5.74) is -0.899. The molecule has 0 unspecified atom stereocenters. The van der Waals surface area contributed by atoms with E-state index >= 15 is 0 Å². The highest BCUT2D eigenvalue weighted by Crippen LogP contribution is 2.31. The molecule has 0 bridgehead atoms. The van der Waals surface area contributed by atoms with Crippen molar-refractivity contribution in [2.75, 3.05) is 10.0 Å². The van der Waals surface area contributed by atoms with Crippen molar-refractivity contribution in [3.63, 3.8) is 0 Å². The van der Waals surface area contributed by atoms with E-state index in [1.54, 1.807) is 6.07 Å². The summed E-state index contributed by atoms with van der Waals surface area (Å²) in [7, 11) is -4.22. The van der Waals surface area contributed by atoms with Crippen LogP contribution in [0.15, 0.2) is 76.1 Å². The summed E-state index contributed by atoms with van der Waals surface area (Å²) in [6.07, 6.45) is -4.61. The Morgan fingerprint density at radius 3 is 2.32 bits per heavy atom. The van der Waals surface area contributed by atoms with Gasteiger partial charge < -0.3 is 5.32 Å². The first kappa shape index (κ1) is 23.1. The summed E-state index contributed by atoms with van der Waals surface area (Å²) >= 11 is 9.27. The smallest absolute Gasteiger partial charge is 0.322 e. The Balaban J connectivity index is 1.83. The summed E-state index contributed by atoms with van der Waals surface area (Å²) in [5.74, 6) is -0.563. The molecule has 0 heterocycles. The molecule has 0 radical (unpaired) electrons. The number of amides is 1. The first-order valence-corrected chi connectivity index (χ1v) is 11.2. The van der Waals surface area contributed by atoms with Gasteiger partial charge >= 0.3 is 6.18 Å². The predicted octanol–water partition coefficient (Wildman–Crippen LogP) is 6.17. The lowest BCUT2D eigenvalue weighted by Crippen LogP contribution is -2.16. The molecule has 0 atom stereocenters. The summed E-state index contributed by atoms with van der Waals surface area (Å²) in [4.78, 5) is 12.2. The van der Waals surface area contributed by atoms with E-state index in [9.17, 15) is 26.4 Å². The second-order valence-corrected chi connectivity index (χ2v) is 9.30. The maximum atomic E-state index is 12.9. The number of anilines is 2. The Morgan fingerprint density at radius 2 is 1.61 bits per heavy atom. The monoisotopic (exact) mass is 532 g/mol. The minimum Gasteiger partial charge on any atom is -0.322 e. The van der Waals surface area contributed by atoms with Crippen molar-refractivity contribution in [3.05, 3.63) is 87.4 Å². The number of halogens is 5. The lowest BCUT2D eigenvalue weighted by atomic mass is 10.2. The summed E-state index contributed by atoms with van der Waals surface area (Å²) < 4.78 is 66.6. The van der Waals surface area contributed by atoms with Gasteiger partial charge in [-0.25, -0.2) is 8.42 Å². The number of nitrogens with one attached hydrogen (secondary N) is 2. The van der Waals surface area contributed by atoms with Crippen LogP contribution in [0.3, 0.4) is 0 Å². The van der Waals surface area contributed by atoms with E-state index in [0.29, 0.717) is 10.5 Å². The van der Waals surface area contributed by atoms with Crippen molar-refractivity contribution in [1.29, 1.82) is 0 Å². The van der Waals surface area contributed by atoms with Gasteiger partial charge in [0.15, 0.2) is 0 Å². The van der Waals surface area contributed by atoms with Gasteiger partial charge in [-0.1, -0.05) is 39.7 Å². The van der Waals surface area contributed by atoms with Crippen LogP contribution in [0.25, 0.3) is 0 Å². The van der Waals surface area contributed by atoms with Crippen LogP contribution in [0, 0.1) is 0 Å². The van der Waals surface area contributed by atoms with Gasteiger partial charge in [0.25, 0.3) is 15.9 Å². The van der Waals surface area contributed by atoms with Crippen molar-refractivity contribution < 1.29 is 26.4 Å². The van der Waals surface area contributed by atoms with E-state index < -0.39 is 27.7 Å². The van der Waals surface area contributed by atoms with E-state index in [1.807, 2.05) is 0 Å². The van der Waals surface area contributed by atoms with E-state index in [-0.39, 0.29) is 26.9 Å². The number of carbonyl (C=O) groups excluding carboxylic acids is 1. The van der Waals surface area contributed by atoms with Crippen molar-refractivity contribution in [1.82, 2.24) is 0 Å². The van der Waals surface area contributed by atoms with Gasteiger partial charge in [0, 0.05) is 15.8 Å². The van der Waals surface area contributed by atoms with Crippen LogP contribution in [0.5, 0.6) is 0 Å². The van der Waals surface area contributed by atoms with Gasteiger partial charge in [-0.05, 0) is 54.6 Å². The molecule has 0 aliphatic rings. The number of rotatable bonds is 5. The highest BCUT2D eigenvalue weighted by Gasteiger charge is 2.30. The zero-order valence-corrected chi connectivity index (χ0v) is 18.5. The maximum Gasteiger partial charge on any atom is 0.416 e. The Labute approximate surface area is 189 Å². The standard InChI is InChI=1S/C20H13BrClF3N2O3S/c21-13-7-8-18(22)17(10-13)19(28)26-14-4-2-6-16(11-14)31(29,30)27-15-5-1-3-12(9-15)20(23,24)25/h1-11,27H,(H,26,28). The summed E-state index contributed by atoms with van der Waals surface area (Å²) in [6, 6.07) is 13.8. The van der Waals surface area contributed by atoms with E-state index in [0.717, 1.165) is 12.1 Å². The fraction of sp³-hybridized carbons (Fsp3) is 0.0500. The van der Waals surface area contributed by atoms with Crippen LogP contribution in [0.4, 0.5) is 24.5 Å². The normalized spacial score (nSPS) is 11.8. The van der Waals surface area contributed by atoms with Crippen LogP contribution in [0.1, 0.15) is 15.9 Å². The number of hydrogen-bond donors (Lipinski definition) is 2. The van der Waals surface area contributed by atoms with Gasteiger partial charge in [0.05, 0.1) is 21.0 Å². The molecule has 0 saturated carbocycles. The SMILES string of the molecule is O=C(Nc1cccc(S(=O)(=O)Nc2cccc(C(F)(F)F)c2)c1)c1cc(Br)ccc1Cl. The fourth-order valence-corrected chi connectivity index (χ4v) is 4.24. The summed E-state index contributed by atoms with van der Waals surface area (Å²) in [5, 5.41) is 2.75. The number of carbonyl (C=O) groups is 1. The van der Waals surface area contributed by atoms with Crippen molar-refractivity contribution >= 4 is 54.8 Å². The van der Waals surface area contributed by atoms with Gasteiger partial charge in [0.2, 0.25) is 0 Å². The average Bonchev–Trinajstić information content (AvgIpc) is 2.69. The molecule has 0 aliphatic carbocycles. The second kappa shape index (κ2) is 8.89. The molecule has 31 heavy (non-hydrogen) atoms. The second-order valence-electron chi connectivity index (χ2n) is 6.29. The molecule has 0 fully saturated rings. The molecule has 3 aromatic rings. The molecule has 0 spiro atoms. The van der Waals surface area contributed by atoms with Crippen LogP contribution in [-0.2, 0) is 16.2 Å². The van der Waals surface area contributed by atoms with E-state index in [1.165, 1.54) is 42.5 Å². The highest BCUT2D eigenvalue weighted by atomic mass is 79.9. The van der Waals surface area contributed by atoms with Crippen molar-refractivity contribution in [2.45, 2.75) is 11.1 Å².